The highest BCUT2D eigenvalue weighted by molar-refractivity contribution is 5.98. The van der Waals surface area contributed by atoms with Gasteiger partial charge in [0, 0.05) is 0 Å². The summed E-state index contributed by atoms with van der Waals surface area (Å²) in [6.45, 7) is 2.35. The SMILES string of the molecule is CC1(C(c2ccc(C(F)(F)F)cc2)n2nc(COCc3ccccc3)c(C(N)=O)c2N)CC1. The van der Waals surface area contributed by atoms with Crippen LogP contribution in [0.15, 0.2) is 54.6 Å². The van der Waals surface area contributed by atoms with Crippen molar-refractivity contribution in [2.75, 3.05) is 5.73 Å². The Labute approximate surface area is 189 Å². The molecule has 0 spiro atoms. The second-order valence-electron chi connectivity index (χ2n) is 8.67. The molecule has 1 heterocycles. The van der Waals surface area contributed by atoms with Gasteiger partial charge in [0.05, 0.1) is 24.8 Å². The van der Waals surface area contributed by atoms with E-state index in [1.54, 1.807) is 0 Å². The predicted molar refractivity (Wildman–Crippen MR) is 117 cm³/mol. The highest BCUT2D eigenvalue weighted by Gasteiger charge is 2.48. The molecular formula is C24H25F3N4O2. The summed E-state index contributed by atoms with van der Waals surface area (Å²) in [5.41, 5.74) is 12.9. The number of halogens is 3. The average molecular weight is 458 g/mol. The van der Waals surface area contributed by atoms with Crippen LogP contribution in [-0.2, 0) is 24.1 Å². The molecule has 9 heteroatoms. The number of benzene rings is 2. The number of nitrogens with two attached hydrogens (primary N) is 2. The molecule has 6 nitrogen and oxygen atoms in total. The first kappa shape index (κ1) is 22.8. The number of carbonyl (C=O) groups excluding carboxylic acids is 1. The van der Waals surface area contributed by atoms with Crippen molar-refractivity contribution in [3.05, 3.63) is 82.5 Å². The van der Waals surface area contributed by atoms with Gasteiger partial charge in [0.25, 0.3) is 5.91 Å². The maximum Gasteiger partial charge on any atom is 0.416 e. The Bertz CT molecular complexity index is 1140. The molecular weight excluding hydrogens is 433 g/mol. The third-order valence-corrected chi connectivity index (χ3v) is 6.11. The van der Waals surface area contributed by atoms with Gasteiger partial charge in [-0.15, -0.1) is 0 Å². The number of hydrogen-bond acceptors (Lipinski definition) is 4. The number of anilines is 1. The lowest BCUT2D eigenvalue weighted by molar-refractivity contribution is -0.137. The first-order valence-corrected chi connectivity index (χ1v) is 10.6. The molecule has 4 N–H and O–H groups in total. The Kier molecular flexibility index (Phi) is 5.92. The van der Waals surface area contributed by atoms with E-state index >= 15 is 0 Å². The molecule has 2 aromatic carbocycles. The molecule has 1 aromatic heterocycles. The van der Waals surface area contributed by atoms with E-state index < -0.39 is 23.7 Å². The largest absolute Gasteiger partial charge is 0.416 e. The summed E-state index contributed by atoms with van der Waals surface area (Å²) in [6.07, 6.45) is -2.72. The molecule has 4 rings (SSSR count). The number of alkyl halides is 3. The third-order valence-electron chi connectivity index (χ3n) is 6.11. The smallest absolute Gasteiger partial charge is 0.383 e. The number of aromatic nitrogens is 2. The average Bonchev–Trinajstić information content (AvgIpc) is 3.42. The van der Waals surface area contributed by atoms with Crippen LogP contribution < -0.4 is 11.5 Å². The lowest BCUT2D eigenvalue weighted by Gasteiger charge is -2.26. The summed E-state index contributed by atoms with van der Waals surface area (Å²) in [7, 11) is 0. The highest BCUT2D eigenvalue weighted by atomic mass is 19.4. The summed E-state index contributed by atoms with van der Waals surface area (Å²) in [4.78, 5) is 12.2. The Hall–Kier alpha value is -3.33. The molecule has 1 unspecified atom stereocenters. The van der Waals surface area contributed by atoms with Crippen molar-refractivity contribution in [1.82, 2.24) is 9.78 Å². The van der Waals surface area contributed by atoms with E-state index in [-0.39, 0.29) is 23.4 Å². The summed E-state index contributed by atoms with van der Waals surface area (Å²) >= 11 is 0. The maximum absolute atomic E-state index is 13.0. The molecule has 1 aliphatic rings. The highest BCUT2D eigenvalue weighted by Crippen LogP contribution is 2.56. The number of primary amides is 1. The van der Waals surface area contributed by atoms with Gasteiger partial charge in [0.1, 0.15) is 17.1 Å². The minimum absolute atomic E-state index is 0.0147. The van der Waals surface area contributed by atoms with Crippen molar-refractivity contribution in [3.63, 3.8) is 0 Å². The normalized spacial score (nSPS) is 15.9. The first-order chi connectivity index (χ1) is 15.6. The quantitative estimate of drug-likeness (QED) is 0.512. The molecule has 1 amide bonds. The van der Waals surface area contributed by atoms with Gasteiger partial charge in [-0.1, -0.05) is 49.4 Å². The Morgan fingerprint density at radius 3 is 2.30 bits per heavy atom. The van der Waals surface area contributed by atoms with Crippen LogP contribution in [0.25, 0.3) is 0 Å². The van der Waals surface area contributed by atoms with E-state index in [4.69, 9.17) is 16.2 Å². The summed E-state index contributed by atoms with van der Waals surface area (Å²) < 4.78 is 46.4. The second-order valence-corrected chi connectivity index (χ2v) is 8.67. The zero-order valence-corrected chi connectivity index (χ0v) is 18.1. The van der Waals surface area contributed by atoms with Crippen LogP contribution in [0, 0.1) is 5.41 Å². The summed E-state index contributed by atoms with van der Waals surface area (Å²) in [5, 5.41) is 4.56. The number of carbonyl (C=O) groups is 1. The molecule has 33 heavy (non-hydrogen) atoms. The molecule has 1 aliphatic carbocycles. The van der Waals surface area contributed by atoms with E-state index in [1.165, 1.54) is 16.8 Å². The van der Waals surface area contributed by atoms with Crippen LogP contribution in [0.4, 0.5) is 19.0 Å². The van der Waals surface area contributed by atoms with Crippen molar-refractivity contribution in [2.45, 2.75) is 45.2 Å². The van der Waals surface area contributed by atoms with E-state index in [0.29, 0.717) is 17.9 Å². The zero-order chi connectivity index (χ0) is 23.8. The van der Waals surface area contributed by atoms with Crippen LogP contribution in [0.5, 0.6) is 0 Å². The van der Waals surface area contributed by atoms with Crippen molar-refractivity contribution >= 4 is 11.7 Å². The fraction of sp³-hybridized carbons (Fsp3) is 0.333. The van der Waals surface area contributed by atoms with Gasteiger partial charge in [0.15, 0.2) is 0 Å². The van der Waals surface area contributed by atoms with Crippen molar-refractivity contribution in [1.29, 1.82) is 0 Å². The summed E-state index contributed by atoms with van der Waals surface area (Å²) in [5.74, 6) is -0.650. The van der Waals surface area contributed by atoms with E-state index in [9.17, 15) is 18.0 Å². The predicted octanol–water partition coefficient (Wildman–Crippen LogP) is 4.69. The summed E-state index contributed by atoms with van der Waals surface area (Å²) in [6, 6.07) is 14.0. The van der Waals surface area contributed by atoms with Gasteiger partial charge in [-0.05, 0) is 41.5 Å². The standard InChI is InChI=1S/C24H25F3N4O2/c1-23(11-12-23)20(16-7-9-17(10-8-16)24(25,26)27)31-21(28)19(22(29)32)18(30-31)14-33-13-15-5-3-2-4-6-15/h2-10,20H,11-14,28H2,1H3,(H2,29,32). The van der Waals surface area contributed by atoms with E-state index in [2.05, 4.69) is 5.10 Å². The van der Waals surface area contributed by atoms with Crippen LogP contribution in [0.3, 0.4) is 0 Å². The fourth-order valence-corrected chi connectivity index (χ4v) is 4.07. The number of nitrogen functional groups attached to an aromatic ring is 1. The number of amides is 1. The molecule has 1 fully saturated rings. The molecule has 0 saturated heterocycles. The number of nitrogens with zero attached hydrogens (tertiary/aromatic N) is 2. The molecule has 1 saturated carbocycles. The first-order valence-electron chi connectivity index (χ1n) is 10.6. The molecule has 0 radical (unpaired) electrons. The monoisotopic (exact) mass is 458 g/mol. The van der Waals surface area contributed by atoms with Crippen LogP contribution >= 0.6 is 0 Å². The Morgan fingerprint density at radius 1 is 1.12 bits per heavy atom. The third kappa shape index (κ3) is 4.73. The van der Waals surface area contributed by atoms with Crippen molar-refractivity contribution < 1.29 is 22.7 Å². The van der Waals surface area contributed by atoms with Crippen LogP contribution in [0.1, 0.15) is 58.5 Å². The molecule has 0 aliphatic heterocycles. The van der Waals surface area contributed by atoms with Gasteiger partial charge in [-0.25, -0.2) is 4.68 Å². The van der Waals surface area contributed by atoms with E-state index in [1.807, 2.05) is 37.3 Å². The lowest BCUT2D eigenvalue weighted by atomic mass is 9.91. The molecule has 3 aromatic rings. The van der Waals surface area contributed by atoms with Gasteiger partial charge in [0.2, 0.25) is 0 Å². The second kappa shape index (κ2) is 8.55. The van der Waals surface area contributed by atoms with Crippen LogP contribution in [0.2, 0.25) is 0 Å². The number of ether oxygens (including phenoxy) is 1. The van der Waals surface area contributed by atoms with Gasteiger partial charge in [-0.3, -0.25) is 4.79 Å². The molecule has 1 atom stereocenters. The molecule has 0 bridgehead atoms. The maximum atomic E-state index is 13.0. The minimum Gasteiger partial charge on any atom is -0.383 e. The molecule has 174 valence electrons. The van der Waals surface area contributed by atoms with E-state index in [0.717, 1.165) is 30.5 Å². The van der Waals surface area contributed by atoms with Gasteiger partial charge >= 0.3 is 6.18 Å². The fourth-order valence-electron chi connectivity index (χ4n) is 4.07. The zero-order valence-electron chi connectivity index (χ0n) is 18.1. The lowest BCUT2D eigenvalue weighted by Crippen LogP contribution is -2.23. The number of rotatable bonds is 8. The van der Waals surface area contributed by atoms with Gasteiger partial charge < -0.3 is 16.2 Å². The topological polar surface area (TPSA) is 96.2 Å². The van der Waals surface area contributed by atoms with Crippen molar-refractivity contribution in [2.24, 2.45) is 11.1 Å². The minimum atomic E-state index is -4.43. The van der Waals surface area contributed by atoms with Crippen LogP contribution in [-0.4, -0.2) is 15.7 Å². The Morgan fingerprint density at radius 2 is 1.76 bits per heavy atom. The Balaban J connectivity index is 1.66. The number of hydrogen-bond donors (Lipinski definition) is 2. The van der Waals surface area contributed by atoms with Gasteiger partial charge in [-0.2, -0.15) is 18.3 Å². The van der Waals surface area contributed by atoms with Crippen molar-refractivity contribution in [3.8, 4) is 0 Å².